The second-order valence-corrected chi connectivity index (χ2v) is 11.8. The van der Waals surface area contributed by atoms with E-state index in [1.807, 2.05) is 0 Å². The van der Waals surface area contributed by atoms with Crippen molar-refractivity contribution in [3.63, 3.8) is 0 Å². The Labute approximate surface area is 238 Å². The molecule has 0 spiro atoms. The molecular weight excluding hydrogens is 495 g/mol. The lowest BCUT2D eigenvalue weighted by Crippen LogP contribution is -2.07. The summed E-state index contributed by atoms with van der Waals surface area (Å²) in [5.41, 5.74) is 5.04. The largest absolute Gasteiger partial charge is 0.378 e. The van der Waals surface area contributed by atoms with Crippen LogP contribution in [0.15, 0.2) is 48.5 Å². The van der Waals surface area contributed by atoms with Crippen LogP contribution in [-0.2, 0) is 17.6 Å². The van der Waals surface area contributed by atoms with Gasteiger partial charge in [0.2, 0.25) is 0 Å². The third kappa shape index (κ3) is 14.6. The van der Waals surface area contributed by atoms with Crippen LogP contribution in [0.2, 0.25) is 0 Å². The molecule has 0 aliphatic heterocycles. The Kier molecular flexibility index (Phi) is 18.2. The van der Waals surface area contributed by atoms with E-state index in [0.717, 1.165) is 24.0 Å². The quantitative estimate of drug-likeness (QED) is 0.105. The molecule has 1 nitrogen and oxygen atoms in total. The summed E-state index contributed by atoms with van der Waals surface area (Å²) >= 11 is 13.2. The third-order valence-corrected chi connectivity index (χ3v) is 8.11. The zero-order chi connectivity index (χ0) is 26.6. The van der Waals surface area contributed by atoms with Crippen LogP contribution >= 0.6 is 23.2 Å². The van der Waals surface area contributed by atoms with Gasteiger partial charge in [0.1, 0.15) is 0 Å². The Hall–Kier alpha value is -1.02. The van der Waals surface area contributed by atoms with E-state index in [4.69, 9.17) is 27.9 Å². The average Bonchev–Trinajstić information content (AvgIpc) is 2.92. The van der Waals surface area contributed by atoms with Crippen LogP contribution in [0, 0.1) is 0 Å². The fourth-order valence-corrected chi connectivity index (χ4v) is 5.30. The predicted molar refractivity (Wildman–Crippen MR) is 164 cm³/mol. The monoisotopic (exact) mass is 546 g/mol. The van der Waals surface area contributed by atoms with E-state index in [9.17, 15) is 0 Å². The maximum atomic E-state index is 6.62. The minimum atomic E-state index is -0.152. The first kappa shape index (κ1) is 32.2. The zero-order valence-corrected chi connectivity index (χ0v) is 25.2. The van der Waals surface area contributed by atoms with Crippen molar-refractivity contribution in [3.8, 4) is 0 Å². The number of benzene rings is 2. The molecule has 0 fully saturated rings. The van der Waals surface area contributed by atoms with Gasteiger partial charge in [0.15, 0.2) is 0 Å². The van der Waals surface area contributed by atoms with Gasteiger partial charge in [-0.25, -0.2) is 0 Å². The Balaban J connectivity index is 1.60. The molecule has 2 rings (SSSR count). The highest BCUT2D eigenvalue weighted by molar-refractivity contribution is 6.21. The van der Waals surface area contributed by atoms with Crippen molar-refractivity contribution in [1.82, 2.24) is 0 Å². The summed E-state index contributed by atoms with van der Waals surface area (Å²) in [5.74, 6) is 0. The molecule has 0 aliphatic carbocycles. The number of hydrogen-bond donors (Lipinski definition) is 0. The minimum absolute atomic E-state index is 0.152. The predicted octanol–water partition coefficient (Wildman–Crippen LogP) is 11.5. The van der Waals surface area contributed by atoms with E-state index in [-0.39, 0.29) is 10.8 Å². The van der Waals surface area contributed by atoms with E-state index < -0.39 is 0 Å². The van der Waals surface area contributed by atoms with Gasteiger partial charge in [-0.3, -0.25) is 0 Å². The van der Waals surface area contributed by atoms with E-state index >= 15 is 0 Å². The lowest BCUT2D eigenvalue weighted by atomic mass is 10.0. The minimum Gasteiger partial charge on any atom is -0.378 e. The van der Waals surface area contributed by atoms with Gasteiger partial charge in [-0.1, -0.05) is 139 Å². The first-order valence-corrected chi connectivity index (χ1v) is 16.0. The molecule has 0 N–H and O–H groups in total. The number of unbranched alkanes of at least 4 members (excludes halogenated alkanes) is 12. The molecule has 0 aromatic heterocycles. The van der Waals surface area contributed by atoms with Gasteiger partial charge in [0.25, 0.3) is 0 Å². The Bertz CT molecular complexity index is 719. The summed E-state index contributed by atoms with van der Waals surface area (Å²) in [4.78, 5) is 0. The zero-order valence-electron chi connectivity index (χ0n) is 23.7. The summed E-state index contributed by atoms with van der Waals surface area (Å²) in [6.45, 7) is 5.48. The highest BCUT2D eigenvalue weighted by atomic mass is 35.5. The van der Waals surface area contributed by atoms with Crippen LogP contribution in [0.3, 0.4) is 0 Å². The third-order valence-electron chi connectivity index (χ3n) is 7.35. The van der Waals surface area contributed by atoms with Crippen LogP contribution in [-0.4, -0.2) is 13.2 Å². The first-order chi connectivity index (χ1) is 18.1. The molecular formula is C34H52Cl2O. The molecule has 37 heavy (non-hydrogen) atoms. The molecule has 208 valence electrons. The molecule has 2 atom stereocenters. The number of ether oxygens (including phenoxy) is 1. The van der Waals surface area contributed by atoms with Crippen molar-refractivity contribution in [2.24, 2.45) is 0 Å². The van der Waals surface area contributed by atoms with Gasteiger partial charge in [0, 0.05) is 0 Å². The van der Waals surface area contributed by atoms with E-state index in [2.05, 4.69) is 62.4 Å². The van der Waals surface area contributed by atoms with Crippen LogP contribution < -0.4 is 0 Å². The summed E-state index contributed by atoms with van der Waals surface area (Å²) in [6.07, 6.45) is 21.2. The van der Waals surface area contributed by atoms with Crippen molar-refractivity contribution in [1.29, 1.82) is 0 Å². The number of aryl methyl sites for hydroxylation is 2. The van der Waals surface area contributed by atoms with Gasteiger partial charge >= 0.3 is 0 Å². The summed E-state index contributed by atoms with van der Waals surface area (Å²) < 4.78 is 5.90. The SMILES string of the molecule is CCCCCCCCCc1ccc(C(Cl)COCC(Cl)c2ccc(CCCCCCCCC)cc2)cc1. The van der Waals surface area contributed by atoms with Crippen molar-refractivity contribution in [2.45, 2.75) is 127 Å². The number of alkyl halides is 2. The molecule has 0 heterocycles. The van der Waals surface area contributed by atoms with E-state index in [1.165, 1.54) is 101 Å². The summed E-state index contributed by atoms with van der Waals surface area (Å²) in [6, 6.07) is 17.5. The van der Waals surface area contributed by atoms with Crippen LogP contribution in [0.1, 0.15) is 137 Å². The standard InChI is InChI=1S/C34H52Cl2O/c1-3-5-7-9-11-13-15-17-29-19-23-31(24-20-29)33(35)27-37-28-34(36)32-25-21-30(22-26-32)18-16-14-12-10-8-6-4-2/h19-26,33-34H,3-18,27-28H2,1-2H3. The van der Waals surface area contributed by atoms with E-state index in [0.29, 0.717) is 13.2 Å². The summed E-state index contributed by atoms with van der Waals surface area (Å²) in [5, 5.41) is -0.304. The van der Waals surface area contributed by atoms with Gasteiger partial charge < -0.3 is 4.74 Å². The molecule has 2 unspecified atom stereocenters. The normalized spacial score (nSPS) is 13.1. The van der Waals surface area contributed by atoms with Crippen LogP contribution in [0.4, 0.5) is 0 Å². The molecule has 0 saturated carbocycles. The Morgan fingerprint density at radius 2 is 0.811 bits per heavy atom. The lowest BCUT2D eigenvalue weighted by Gasteiger charge is -2.15. The highest BCUT2D eigenvalue weighted by Crippen LogP contribution is 2.25. The molecule has 3 heteroatoms. The number of halogens is 2. The van der Waals surface area contributed by atoms with Gasteiger partial charge in [-0.05, 0) is 47.9 Å². The molecule has 2 aromatic rings. The molecule has 0 aliphatic rings. The molecule has 2 aromatic carbocycles. The van der Waals surface area contributed by atoms with Crippen LogP contribution in [0.25, 0.3) is 0 Å². The fraction of sp³-hybridized carbons (Fsp3) is 0.647. The molecule has 0 bridgehead atoms. The molecule has 0 saturated heterocycles. The van der Waals surface area contributed by atoms with Crippen molar-refractivity contribution in [3.05, 3.63) is 70.8 Å². The van der Waals surface area contributed by atoms with Gasteiger partial charge in [-0.2, -0.15) is 0 Å². The maximum absolute atomic E-state index is 6.62. The maximum Gasteiger partial charge on any atom is 0.0819 e. The second kappa shape index (κ2) is 20.9. The second-order valence-electron chi connectivity index (χ2n) is 10.7. The number of hydrogen-bond acceptors (Lipinski definition) is 1. The first-order valence-electron chi connectivity index (χ1n) is 15.2. The smallest absolute Gasteiger partial charge is 0.0819 e. The molecule has 0 radical (unpaired) electrons. The van der Waals surface area contributed by atoms with Crippen LogP contribution in [0.5, 0.6) is 0 Å². The van der Waals surface area contributed by atoms with Crippen molar-refractivity contribution < 1.29 is 4.74 Å². The van der Waals surface area contributed by atoms with Crippen molar-refractivity contribution >= 4 is 23.2 Å². The average molecular weight is 548 g/mol. The van der Waals surface area contributed by atoms with Crippen molar-refractivity contribution in [2.75, 3.05) is 13.2 Å². The number of rotatable bonds is 22. The van der Waals surface area contributed by atoms with Gasteiger partial charge in [-0.15, -0.1) is 23.2 Å². The molecule has 0 amide bonds. The Morgan fingerprint density at radius 3 is 1.16 bits per heavy atom. The fourth-order valence-electron chi connectivity index (χ4n) is 4.83. The van der Waals surface area contributed by atoms with E-state index in [1.54, 1.807) is 0 Å². The topological polar surface area (TPSA) is 9.23 Å². The highest BCUT2D eigenvalue weighted by Gasteiger charge is 2.12. The van der Waals surface area contributed by atoms with Gasteiger partial charge in [0.05, 0.1) is 24.0 Å². The summed E-state index contributed by atoms with van der Waals surface area (Å²) in [7, 11) is 0. The lowest BCUT2D eigenvalue weighted by molar-refractivity contribution is 0.134. The Morgan fingerprint density at radius 1 is 0.486 bits per heavy atom.